The molecular weight excluding hydrogens is 210 g/mol. The summed E-state index contributed by atoms with van der Waals surface area (Å²) in [5.41, 5.74) is 4.30. The van der Waals surface area contributed by atoms with Crippen molar-refractivity contribution in [3.05, 3.63) is 54.1 Å². The van der Waals surface area contributed by atoms with E-state index in [2.05, 4.69) is 34.3 Å². The number of aryl methyl sites for hydroxylation is 1. The Morgan fingerprint density at radius 2 is 1.76 bits per heavy atom. The molecule has 84 valence electrons. The van der Waals surface area contributed by atoms with Crippen LogP contribution in [0.2, 0.25) is 0 Å². The van der Waals surface area contributed by atoms with E-state index in [1.807, 2.05) is 36.4 Å². The maximum absolute atomic E-state index is 4.46. The molecule has 0 radical (unpaired) electrons. The number of aromatic nitrogens is 2. The van der Waals surface area contributed by atoms with Crippen molar-refractivity contribution < 1.29 is 0 Å². The number of aromatic amines is 1. The van der Waals surface area contributed by atoms with Crippen molar-refractivity contribution in [3.8, 4) is 0 Å². The summed E-state index contributed by atoms with van der Waals surface area (Å²) < 4.78 is 0. The Morgan fingerprint density at radius 1 is 1.00 bits per heavy atom. The molecule has 2 N–H and O–H groups in total. The highest BCUT2D eigenvalue weighted by Gasteiger charge is 2.01. The first-order valence-corrected chi connectivity index (χ1v) is 5.60. The van der Waals surface area contributed by atoms with E-state index in [-0.39, 0.29) is 0 Å². The fourth-order valence-corrected chi connectivity index (χ4v) is 1.79. The summed E-state index contributed by atoms with van der Waals surface area (Å²) in [6.45, 7) is 2.07. The number of imidazole rings is 1. The Bertz CT molecular complexity index is 605. The average molecular weight is 223 g/mol. The quantitative estimate of drug-likeness (QED) is 0.696. The highest BCUT2D eigenvalue weighted by molar-refractivity contribution is 5.78. The number of nitrogens with one attached hydrogen (secondary N) is 2. The normalized spacial score (nSPS) is 10.6. The minimum atomic E-state index is 0.773. The second kappa shape index (κ2) is 3.94. The molecule has 3 rings (SSSR count). The number of rotatable bonds is 2. The number of nitrogens with zero attached hydrogens (tertiary/aromatic N) is 1. The van der Waals surface area contributed by atoms with Crippen LogP contribution < -0.4 is 5.32 Å². The van der Waals surface area contributed by atoms with Crippen LogP contribution in [0.3, 0.4) is 0 Å². The van der Waals surface area contributed by atoms with Gasteiger partial charge in [-0.2, -0.15) is 0 Å². The number of hydrogen-bond acceptors (Lipinski definition) is 2. The number of benzene rings is 2. The smallest absolute Gasteiger partial charge is 0.205 e. The van der Waals surface area contributed by atoms with Crippen molar-refractivity contribution in [1.82, 2.24) is 9.97 Å². The van der Waals surface area contributed by atoms with E-state index in [9.17, 15) is 0 Å². The number of H-pyrrole nitrogens is 1. The third-order valence-corrected chi connectivity index (χ3v) is 2.70. The largest absolute Gasteiger partial charge is 0.326 e. The zero-order valence-corrected chi connectivity index (χ0v) is 9.57. The second-order valence-corrected chi connectivity index (χ2v) is 4.09. The molecule has 3 heteroatoms. The van der Waals surface area contributed by atoms with Gasteiger partial charge >= 0.3 is 0 Å². The lowest BCUT2D eigenvalue weighted by molar-refractivity contribution is 1.31. The average Bonchev–Trinajstić information content (AvgIpc) is 2.74. The second-order valence-electron chi connectivity index (χ2n) is 4.09. The Balaban J connectivity index is 1.92. The summed E-state index contributed by atoms with van der Waals surface area (Å²) in [6, 6.07) is 16.2. The minimum absolute atomic E-state index is 0.773. The molecular formula is C14H13N3. The summed E-state index contributed by atoms with van der Waals surface area (Å²) >= 11 is 0. The van der Waals surface area contributed by atoms with Crippen LogP contribution in [0.4, 0.5) is 11.6 Å². The Morgan fingerprint density at radius 3 is 2.53 bits per heavy atom. The summed E-state index contributed by atoms with van der Waals surface area (Å²) in [7, 11) is 0. The Labute approximate surface area is 99.5 Å². The molecule has 0 saturated heterocycles. The topological polar surface area (TPSA) is 40.7 Å². The molecule has 3 nitrogen and oxygen atoms in total. The standard InChI is InChI=1S/C14H13N3/c1-10-6-8-11(9-7-10)15-14-16-12-4-2-3-5-13(12)17-14/h2-9H,1H3,(H2,15,16,17). The Kier molecular flexibility index (Phi) is 2.29. The molecule has 1 heterocycles. The summed E-state index contributed by atoms with van der Waals surface area (Å²) in [4.78, 5) is 7.70. The molecule has 0 aliphatic heterocycles. The monoisotopic (exact) mass is 223 g/mol. The molecule has 0 bridgehead atoms. The van der Waals surface area contributed by atoms with Gasteiger partial charge in [-0.05, 0) is 31.2 Å². The lowest BCUT2D eigenvalue weighted by atomic mass is 10.2. The van der Waals surface area contributed by atoms with Crippen LogP contribution in [0.25, 0.3) is 11.0 Å². The van der Waals surface area contributed by atoms with Gasteiger partial charge < -0.3 is 10.3 Å². The molecule has 2 aromatic carbocycles. The van der Waals surface area contributed by atoms with E-state index in [0.717, 1.165) is 22.7 Å². The summed E-state index contributed by atoms with van der Waals surface area (Å²) in [6.07, 6.45) is 0. The van der Waals surface area contributed by atoms with Gasteiger partial charge in [-0.25, -0.2) is 4.98 Å². The van der Waals surface area contributed by atoms with Gasteiger partial charge in [0.2, 0.25) is 5.95 Å². The SMILES string of the molecule is Cc1ccc(Nc2nc3ccccc3[nH]2)cc1. The van der Waals surface area contributed by atoms with Crippen LogP contribution in [0.1, 0.15) is 5.56 Å². The van der Waals surface area contributed by atoms with E-state index < -0.39 is 0 Å². The molecule has 17 heavy (non-hydrogen) atoms. The highest BCUT2D eigenvalue weighted by atomic mass is 15.1. The Hall–Kier alpha value is -2.29. The third kappa shape index (κ3) is 1.99. The zero-order valence-electron chi connectivity index (χ0n) is 9.57. The molecule has 3 aromatic rings. The predicted molar refractivity (Wildman–Crippen MR) is 70.6 cm³/mol. The van der Waals surface area contributed by atoms with Crippen molar-refractivity contribution in [1.29, 1.82) is 0 Å². The molecule has 0 saturated carbocycles. The molecule has 0 aliphatic carbocycles. The van der Waals surface area contributed by atoms with Gasteiger partial charge in [-0.3, -0.25) is 0 Å². The third-order valence-electron chi connectivity index (χ3n) is 2.70. The fraction of sp³-hybridized carbons (Fsp3) is 0.0714. The van der Waals surface area contributed by atoms with Gasteiger partial charge in [0.15, 0.2) is 0 Å². The van der Waals surface area contributed by atoms with Gasteiger partial charge in [0.1, 0.15) is 0 Å². The summed E-state index contributed by atoms with van der Waals surface area (Å²) in [5.74, 6) is 0.773. The van der Waals surface area contributed by atoms with Crippen molar-refractivity contribution in [3.63, 3.8) is 0 Å². The number of anilines is 2. The van der Waals surface area contributed by atoms with Gasteiger partial charge in [0.25, 0.3) is 0 Å². The van der Waals surface area contributed by atoms with Gasteiger partial charge in [0, 0.05) is 5.69 Å². The molecule has 0 amide bonds. The number of fused-ring (bicyclic) bond motifs is 1. The molecule has 0 spiro atoms. The van der Waals surface area contributed by atoms with E-state index in [4.69, 9.17) is 0 Å². The van der Waals surface area contributed by atoms with Gasteiger partial charge in [0.05, 0.1) is 11.0 Å². The van der Waals surface area contributed by atoms with Crippen LogP contribution in [0, 0.1) is 6.92 Å². The first-order chi connectivity index (χ1) is 8.31. The van der Waals surface area contributed by atoms with E-state index in [1.54, 1.807) is 0 Å². The molecule has 0 aliphatic rings. The first-order valence-electron chi connectivity index (χ1n) is 5.60. The molecule has 0 unspecified atom stereocenters. The predicted octanol–water partition coefficient (Wildman–Crippen LogP) is 3.61. The van der Waals surface area contributed by atoms with Crippen LogP contribution in [-0.4, -0.2) is 9.97 Å². The molecule has 0 atom stereocenters. The minimum Gasteiger partial charge on any atom is -0.326 e. The van der Waals surface area contributed by atoms with Crippen LogP contribution in [-0.2, 0) is 0 Å². The maximum atomic E-state index is 4.46. The van der Waals surface area contributed by atoms with Crippen LogP contribution in [0.5, 0.6) is 0 Å². The highest BCUT2D eigenvalue weighted by Crippen LogP contribution is 2.18. The van der Waals surface area contributed by atoms with Crippen LogP contribution in [0.15, 0.2) is 48.5 Å². The van der Waals surface area contributed by atoms with Crippen molar-refractivity contribution >= 4 is 22.7 Å². The lowest BCUT2D eigenvalue weighted by Crippen LogP contribution is -1.91. The fourth-order valence-electron chi connectivity index (χ4n) is 1.79. The van der Waals surface area contributed by atoms with Crippen molar-refractivity contribution in [2.75, 3.05) is 5.32 Å². The van der Waals surface area contributed by atoms with E-state index in [1.165, 1.54) is 5.56 Å². The summed E-state index contributed by atoms with van der Waals surface area (Å²) in [5, 5.41) is 3.25. The molecule has 0 fully saturated rings. The van der Waals surface area contributed by atoms with Crippen molar-refractivity contribution in [2.24, 2.45) is 0 Å². The van der Waals surface area contributed by atoms with Crippen molar-refractivity contribution in [2.45, 2.75) is 6.92 Å². The zero-order chi connectivity index (χ0) is 11.7. The van der Waals surface area contributed by atoms with Gasteiger partial charge in [-0.15, -0.1) is 0 Å². The van der Waals surface area contributed by atoms with Crippen LogP contribution >= 0.6 is 0 Å². The van der Waals surface area contributed by atoms with Gasteiger partial charge in [-0.1, -0.05) is 29.8 Å². The maximum Gasteiger partial charge on any atom is 0.205 e. The number of hydrogen-bond donors (Lipinski definition) is 2. The number of para-hydroxylation sites is 2. The van der Waals surface area contributed by atoms with E-state index in [0.29, 0.717) is 0 Å². The first kappa shape index (κ1) is 9.90. The lowest BCUT2D eigenvalue weighted by Gasteiger charge is -2.02. The molecule has 1 aromatic heterocycles. The van der Waals surface area contributed by atoms with E-state index >= 15 is 0 Å².